The summed E-state index contributed by atoms with van der Waals surface area (Å²) >= 11 is 0. The zero-order chi connectivity index (χ0) is 14.4. The zero-order valence-corrected chi connectivity index (χ0v) is 12.5. The monoisotopic (exact) mass is 273 g/mol. The maximum Gasteiger partial charge on any atom is 0.191 e. The molecule has 0 saturated carbocycles. The molecule has 0 bridgehead atoms. The van der Waals surface area contributed by atoms with Crippen molar-refractivity contribution >= 4 is 0 Å². The van der Waals surface area contributed by atoms with Crippen molar-refractivity contribution in [3.05, 3.63) is 59.6 Å². The second kappa shape index (κ2) is 6.62. The van der Waals surface area contributed by atoms with Crippen LogP contribution in [0.1, 0.15) is 12.8 Å². The Morgan fingerprint density at radius 2 is 2.00 bits per heavy atom. The number of aliphatic hydroxyl groups is 1. The first-order chi connectivity index (χ1) is 9.57. The Kier molecular flexibility index (Phi) is 4.85. The van der Waals surface area contributed by atoms with E-state index in [2.05, 4.69) is 37.6 Å². The molecule has 0 aliphatic heterocycles. The number of hydrogen-bond donors (Lipinski definition) is 2. The van der Waals surface area contributed by atoms with Crippen LogP contribution in [-0.4, -0.2) is 43.3 Å². The Hall–Kier alpha value is -1.74. The van der Waals surface area contributed by atoms with Crippen molar-refractivity contribution in [2.75, 3.05) is 33.7 Å². The molecule has 2 N–H and O–H groups in total. The van der Waals surface area contributed by atoms with Crippen LogP contribution in [0.25, 0.3) is 0 Å². The minimum atomic E-state index is 0.279. The van der Waals surface area contributed by atoms with E-state index >= 15 is 0 Å². The Morgan fingerprint density at radius 1 is 1.25 bits per heavy atom. The summed E-state index contributed by atoms with van der Waals surface area (Å²) in [4.78, 5) is 0. The standard InChI is InChI=1S/C17H24N2O/c1-19(2,14-15-8-3-4-9-15)13-7-12-18-17(20)16-10-5-6-11-16/h3,5-6,8-11,18H,4,7,12-14H2,1-2H3/p+1. The Bertz CT molecular complexity index is 479. The molecule has 20 heavy (non-hydrogen) atoms. The highest BCUT2D eigenvalue weighted by atomic mass is 16.3. The van der Waals surface area contributed by atoms with Crippen molar-refractivity contribution in [3.63, 3.8) is 0 Å². The van der Waals surface area contributed by atoms with E-state index in [1.807, 2.05) is 24.3 Å². The van der Waals surface area contributed by atoms with Crippen molar-refractivity contribution in [1.82, 2.24) is 5.32 Å². The minimum absolute atomic E-state index is 0.279. The van der Waals surface area contributed by atoms with Gasteiger partial charge >= 0.3 is 0 Å². The molecule has 2 rings (SSSR count). The zero-order valence-electron chi connectivity index (χ0n) is 12.5. The molecule has 0 heterocycles. The number of quaternary nitrogens is 1. The quantitative estimate of drug-likeness (QED) is 0.425. The molecule has 0 amide bonds. The summed E-state index contributed by atoms with van der Waals surface area (Å²) in [5, 5.41) is 12.9. The van der Waals surface area contributed by atoms with E-state index in [0.717, 1.165) is 42.5 Å². The van der Waals surface area contributed by atoms with Gasteiger partial charge in [-0.1, -0.05) is 30.4 Å². The third-order valence-corrected chi connectivity index (χ3v) is 3.63. The molecule has 0 atom stereocenters. The highest BCUT2D eigenvalue weighted by Crippen LogP contribution is 2.14. The Labute approximate surface area is 121 Å². The summed E-state index contributed by atoms with van der Waals surface area (Å²) in [5.41, 5.74) is 2.30. The molecule has 0 aromatic rings. The topological polar surface area (TPSA) is 32.3 Å². The first-order valence-electron chi connectivity index (χ1n) is 7.26. The predicted molar refractivity (Wildman–Crippen MR) is 84.2 cm³/mol. The molecule has 0 aromatic carbocycles. The molecule has 0 unspecified atom stereocenters. The minimum Gasteiger partial charge on any atom is -0.494 e. The molecule has 0 fully saturated rings. The van der Waals surface area contributed by atoms with Crippen LogP contribution in [0.2, 0.25) is 0 Å². The fourth-order valence-electron chi connectivity index (χ4n) is 2.55. The molecule has 0 aromatic heterocycles. The van der Waals surface area contributed by atoms with E-state index in [9.17, 15) is 5.11 Å². The molecule has 0 spiro atoms. The summed E-state index contributed by atoms with van der Waals surface area (Å²) < 4.78 is 0.981. The molecular formula is C17H25N2O+. The Balaban J connectivity index is 1.69. The Morgan fingerprint density at radius 3 is 2.65 bits per heavy atom. The molecular weight excluding hydrogens is 248 g/mol. The molecule has 3 heteroatoms. The lowest BCUT2D eigenvalue weighted by Crippen LogP contribution is -2.42. The van der Waals surface area contributed by atoms with Gasteiger partial charge in [0.25, 0.3) is 0 Å². The predicted octanol–water partition coefficient (Wildman–Crippen LogP) is 2.82. The van der Waals surface area contributed by atoms with Crippen LogP contribution in [-0.2, 0) is 0 Å². The molecule has 2 aliphatic rings. The normalized spacial score (nSPS) is 16.9. The summed E-state index contributed by atoms with van der Waals surface area (Å²) in [6.45, 7) is 2.97. The van der Waals surface area contributed by atoms with E-state index in [1.165, 1.54) is 5.57 Å². The van der Waals surface area contributed by atoms with E-state index in [0.29, 0.717) is 0 Å². The van der Waals surface area contributed by atoms with Crippen LogP contribution in [0.5, 0.6) is 0 Å². The fraction of sp³-hybridized carbons (Fsp3) is 0.412. The van der Waals surface area contributed by atoms with Gasteiger partial charge in [-0.2, -0.15) is 0 Å². The van der Waals surface area contributed by atoms with Gasteiger partial charge in [-0.05, 0) is 18.6 Å². The molecule has 0 saturated heterocycles. The van der Waals surface area contributed by atoms with Gasteiger partial charge in [0.05, 0.1) is 20.6 Å². The van der Waals surface area contributed by atoms with Gasteiger partial charge in [-0.25, -0.2) is 0 Å². The lowest BCUT2D eigenvalue weighted by molar-refractivity contribution is -0.885. The summed E-state index contributed by atoms with van der Waals surface area (Å²) in [5.74, 6) is 0.279. The van der Waals surface area contributed by atoms with E-state index in [4.69, 9.17) is 0 Å². The summed E-state index contributed by atoms with van der Waals surface area (Å²) in [6, 6.07) is 0. The first kappa shape index (κ1) is 14.7. The van der Waals surface area contributed by atoms with Gasteiger partial charge in [-0.15, -0.1) is 0 Å². The average molecular weight is 273 g/mol. The van der Waals surface area contributed by atoms with E-state index in [1.54, 1.807) is 0 Å². The largest absolute Gasteiger partial charge is 0.494 e. The van der Waals surface area contributed by atoms with Crippen LogP contribution in [0, 0.1) is 0 Å². The molecule has 2 aliphatic carbocycles. The van der Waals surface area contributed by atoms with Crippen molar-refractivity contribution in [2.45, 2.75) is 12.8 Å². The van der Waals surface area contributed by atoms with Crippen LogP contribution in [0.4, 0.5) is 0 Å². The van der Waals surface area contributed by atoms with Gasteiger partial charge in [0.15, 0.2) is 5.88 Å². The van der Waals surface area contributed by atoms with Crippen LogP contribution >= 0.6 is 0 Å². The molecule has 3 nitrogen and oxygen atoms in total. The van der Waals surface area contributed by atoms with Crippen molar-refractivity contribution in [2.24, 2.45) is 0 Å². The second-order valence-corrected chi connectivity index (χ2v) is 6.04. The van der Waals surface area contributed by atoms with Crippen LogP contribution in [0.3, 0.4) is 0 Å². The van der Waals surface area contributed by atoms with Gasteiger partial charge in [-0.3, -0.25) is 0 Å². The van der Waals surface area contributed by atoms with Crippen LogP contribution in [0.15, 0.2) is 59.6 Å². The number of allylic oxidation sites excluding steroid dienone is 7. The van der Waals surface area contributed by atoms with Gasteiger partial charge in [0.2, 0.25) is 0 Å². The molecule has 0 radical (unpaired) electrons. The SMILES string of the molecule is C[N+](C)(CCCNC(O)=C1C=CC=C1)CC1=CCC=C1. The van der Waals surface area contributed by atoms with Gasteiger partial charge in [0, 0.05) is 24.1 Å². The average Bonchev–Trinajstić information content (AvgIpc) is 3.06. The van der Waals surface area contributed by atoms with Gasteiger partial charge < -0.3 is 14.9 Å². The number of rotatable bonds is 7. The van der Waals surface area contributed by atoms with E-state index in [-0.39, 0.29) is 5.88 Å². The number of hydrogen-bond acceptors (Lipinski definition) is 2. The lowest BCUT2D eigenvalue weighted by Gasteiger charge is -2.30. The first-order valence-corrected chi connectivity index (χ1v) is 7.26. The van der Waals surface area contributed by atoms with Crippen molar-refractivity contribution in [3.8, 4) is 0 Å². The summed E-state index contributed by atoms with van der Waals surface area (Å²) in [7, 11) is 4.52. The maximum atomic E-state index is 9.85. The van der Waals surface area contributed by atoms with Crippen LogP contribution < -0.4 is 5.32 Å². The van der Waals surface area contributed by atoms with E-state index < -0.39 is 0 Å². The molecule has 108 valence electrons. The lowest BCUT2D eigenvalue weighted by atomic mass is 10.2. The highest BCUT2D eigenvalue weighted by molar-refractivity contribution is 5.41. The smallest absolute Gasteiger partial charge is 0.191 e. The van der Waals surface area contributed by atoms with Crippen molar-refractivity contribution in [1.29, 1.82) is 0 Å². The number of nitrogens with zero attached hydrogens (tertiary/aromatic N) is 1. The highest BCUT2D eigenvalue weighted by Gasteiger charge is 2.16. The number of likely N-dealkylation sites (N-methyl/N-ethyl adjacent to an activating group) is 1. The fourth-order valence-corrected chi connectivity index (χ4v) is 2.55. The third kappa shape index (κ3) is 4.42. The van der Waals surface area contributed by atoms with Crippen molar-refractivity contribution < 1.29 is 9.59 Å². The second-order valence-electron chi connectivity index (χ2n) is 6.04. The third-order valence-electron chi connectivity index (χ3n) is 3.63. The van der Waals surface area contributed by atoms with Gasteiger partial charge in [0.1, 0.15) is 6.54 Å². The summed E-state index contributed by atoms with van der Waals surface area (Å²) in [6.07, 6.45) is 16.5. The number of nitrogens with one attached hydrogen (secondary N) is 1. The number of aliphatic hydroxyl groups excluding tert-OH is 1. The maximum absolute atomic E-state index is 9.85.